The minimum absolute atomic E-state index is 0.00747. The topological polar surface area (TPSA) is 113 Å². The van der Waals surface area contributed by atoms with Crippen LogP contribution in [-0.2, 0) is 23.2 Å². The maximum absolute atomic E-state index is 12.2. The van der Waals surface area contributed by atoms with Crippen molar-refractivity contribution < 1.29 is 9.59 Å². The summed E-state index contributed by atoms with van der Waals surface area (Å²) in [6.07, 6.45) is 4.70. The van der Waals surface area contributed by atoms with Gasteiger partial charge in [0.1, 0.15) is 25.5 Å². The lowest BCUT2D eigenvalue weighted by Crippen LogP contribution is -2.53. The summed E-state index contributed by atoms with van der Waals surface area (Å²) in [4.78, 5) is 31.3. The molecule has 0 saturated carbocycles. The number of amides is 2. The first-order valence-electron chi connectivity index (χ1n) is 6.93. The van der Waals surface area contributed by atoms with Gasteiger partial charge >= 0.3 is 0 Å². The van der Waals surface area contributed by atoms with Gasteiger partial charge in [-0.2, -0.15) is 10.4 Å². The highest BCUT2D eigenvalue weighted by Gasteiger charge is 2.28. The Hall–Kier alpha value is -3.22. The molecule has 0 aromatic carbocycles. The Morgan fingerprint density at radius 3 is 2.87 bits per heavy atom. The van der Waals surface area contributed by atoms with Gasteiger partial charge in [-0.1, -0.05) is 0 Å². The summed E-state index contributed by atoms with van der Waals surface area (Å²) in [7, 11) is 1.78. The Bertz CT molecular complexity index is 786. The third-order valence-electron chi connectivity index (χ3n) is 3.51. The molecule has 0 aliphatic carbocycles. The van der Waals surface area contributed by atoms with Crippen molar-refractivity contribution in [3.63, 3.8) is 0 Å². The van der Waals surface area contributed by atoms with Crippen molar-refractivity contribution in [2.45, 2.75) is 6.54 Å². The summed E-state index contributed by atoms with van der Waals surface area (Å²) in [6.45, 7) is 0.804. The van der Waals surface area contributed by atoms with E-state index in [1.165, 1.54) is 15.9 Å². The summed E-state index contributed by atoms with van der Waals surface area (Å²) in [6, 6.07) is 1.80. The fourth-order valence-electron chi connectivity index (χ4n) is 2.37. The molecule has 0 atom stereocenters. The van der Waals surface area contributed by atoms with E-state index in [0.29, 0.717) is 13.1 Å². The normalized spacial score (nSPS) is 14.9. The van der Waals surface area contributed by atoms with Crippen molar-refractivity contribution in [2.75, 3.05) is 24.5 Å². The number of nitriles is 1. The highest BCUT2D eigenvalue weighted by molar-refractivity contribution is 5.97. The zero-order valence-electron chi connectivity index (χ0n) is 12.5. The van der Waals surface area contributed by atoms with Crippen LogP contribution in [0.1, 0.15) is 5.82 Å². The quantitative estimate of drug-likeness (QED) is 0.700. The first-order chi connectivity index (χ1) is 11.1. The second-order valence-corrected chi connectivity index (χ2v) is 5.11. The van der Waals surface area contributed by atoms with Gasteiger partial charge in [-0.25, -0.2) is 9.67 Å². The number of rotatable bonds is 3. The molecule has 1 fully saturated rings. The van der Waals surface area contributed by atoms with Gasteiger partial charge in [-0.15, -0.1) is 5.10 Å². The largest absolute Gasteiger partial charge is 0.330 e. The number of carbonyl (C=O) groups excluding carboxylic acids is 2. The fraction of sp³-hybridized carbons (Fsp3) is 0.385. The van der Waals surface area contributed by atoms with E-state index in [4.69, 9.17) is 5.26 Å². The van der Waals surface area contributed by atoms with Gasteiger partial charge < -0.3 is 9.80 Å². The van der Waals surface area contributed by atoms with Crippen molar-refractivity contribution >= 4 is 17.5 Å². The highest BCUT2D eigenvalue weighted by Crippen LogP contribution is 2.16. The summed E-state index contributed by atoms with van der Waals surface area (Å²) in [5.74, 6) is -0.386. The maximum Gasteiger partial charge on any atom is 0.252 e. The zero-order chi connectivity index (χ0) is 16.4. The lowest BCUT2D eigenvalue weighted by atomic mass is 10.3. The third-order valence-corrected chi connectivity index (χ3v) is 3.51. The Balaban J connectivity index is 1.62. The van der Waals surface area contributed by atoms with Crippen LogP contribution in [0.4, 0.5) is 5.69 Å². The van der Waals surface area contributed by atoms with E-state index >= 15 is 0 Å². The molecule has 3 rings (SSSR count). The molecule has 2 aromatic heterocycles. The molecule has 2 aromatic rings. The Labute approximate surface area is 131 Å². The van der Waals surface area contributed by atoms with Gasteiger partial charge in [0.05, 0.1) is 11.9 Å². The molecular weight excluding hydrogens is 300 g/mol. The molecule has 1 aliphatic heterocycles. The van der Waals surface area contributed by atoms with Crippen LogP contribution in [0.2, 0.25) is 0 Å². The van der Waals surface area contributed by atoms with Crippen LogP contribution in [0.15, 0.2) is 18.7 Å². The van der Waals surface area contributed by atoms with Crippen molar-refractivity contribution in [1.82, 2.24) is 29.4 Å². The van der Waals surface area contributed by atoms with Crippen molar-refractivity contribution in [3.8, 4) is 6.07 Å². The standard InChI is InChI=1S/C13H14N8O2/c1-18-6-10(5-16-18)21-3-2-19(7-13(21)23)12(22)8-20-9-15-11(4-14)17-20/h5-6,9H,2-3,7-8H2,1H3. The minimum atomic E-state index is -0.237. The van der Waals surface area contributed by atoms with Gasteiger partial charge in [0, 0.05) is 26.3 Å². The van der Waals surface area contributed by atoms with E-state index in [9.17, 15) is 9.59 Å². The third kappa shape index (κ3) is 3.03. The number of aromatic nitrogens is 5. The Morgan fingerprint density at radius 1 is 1.43 bits per heavy atom. The van der Waals surface area contributed by atoms with E-state index < -0.39 is 0 Å². The molecule has 1 aliphatic rings. The minimum Gasteiger partial charge on any atom is -0.330 e. The number of aryl methyl sites for hydroxylation is 1. The lowest BCUT2D eigenvalue weighted by Gasteiger charge is -2.33. The highest BCUT2D eigenvalue weighted by atomic mass is 16.2. The van der Waals surface area contributed by atoms with Gasteiger partial charge in [-0.3, -0.25) is 14.3 Å². The second-order valence-electron chi connectivity index (χ2n) is 5.11. The van der Waals surface area contributed by atoms with E-state index in [2.05, 4.69) is 15.2 Å². The maximum atomic E-state index is 12.2. The van der Waals surface area contributed by atoms with Crippen molar-refractivity contribution in [1.29, 1.82) is 5.26 Å². The fourth-order valence-corrected chi connectivity index (χ4v) is 2.37. The number of nitrogens with zero attached hydrogens (tertiary/aromatic N) is 8. The molecule has 10 nitrogen and oxygen atoms in total. The molecule has 0 spiro atoms. The molecule has 0 unspecified atom stereocenters. The summed E-state index contributed by atoms with van der Waals surface area (Å²) in [5, 5.41) is 16.5. The van der Waals surface area contributed by atoms with Crippen molar-refractivity contribution in [3.05, 3.63) is 24.5 Å². The van der Waals surface area contributed by atoms with E-state index in [1.807, 2.05) is 0 Å². The Kier molecular flexibility index (Phi) is 3.76. The molecule has 10 heteroatoms. The van der Waals surface area contributed by atoms with E-state index in [1.54, 1.807) is 35.1 Å². The monoisotopic (exact) mass is 314 g/mol. The summed E-state index contributed by atoms with van der Waals surface area (Å²) >= 11 is 0. The van der Waals surface area contributed by atoms with E-state index in [0.717, 1.165) is 5.69 Å². The zero-order valence-corrected chi connectivity index (χ0v) is 12.5. The van der Waals surface area contributed by atoms with Crippen LogP contribution in [0.25, 0.3) is 0 Å². The first-order valence-corrected chi connectivity index (χ1v) is 6.93. The van der Waals surface area contributed by atoms with Crippen LogP contribution in [0.5, 0.6) is 0 Å². The van der Waals surface area contributed by atoms with Crippen LogP contribution in [0, 0.1) is 11.3 Å². The van der Waals surface area contributed by atoms with E-state index in [-0.39, 0.29) is 30.7 Å². The number of anilines is 1. The number of piperazine rings is 1. The molecule has 1 saturated heterocycles. The smallest absolute Gasteiger partial charge is 0.252 e. The van der Waals surface area contributed by atoms with Crippen LogP contribution >= 0.6 is 0 Å². The molecule has 118 valence electrons. The predicted octanol–water partition coefficient (Wildman–Crippen LogP) is -1.24. The molecule has 0 bridgehead atoms. The van der Waals surface area contributed by atoms with Crippen LogP contribution in [0.3, 0.4) is 0 Å². The predicted molar refractivity (Wildman–Crippen MR) is 76.9 cm³/mol. The molecule has 0 N–H and O–H groups in total. The number of carbonyl (C=O) groups is 2. The van der Waals surface area contributed by atoms with Crippen molar-refractivity contribution in [2.24, 2.45) is 7.05 Å². The van der Waals surface area contributed by atoms with Gasteiger partial charge in [0.2, 0.25) is 11.8 Å². The lowest BCUT2D eigenvalue weighted by molar-refractivity contribution is -0.137. The number of hydrogen-bond donors (Lipinski definition) is 0. The first kappa shape index (κ1) is 14.7. The second kappa shape index (κ2) is 5.88. The molecule has 2 amide bonds. The number of hydrogen-bond acceptors (Lipinski definition) is 6. The average molecular weight is 314 g/mol. The van der Waals surface area contributed by atoms with Gasteiger partial charge in [-0.05, 0) is 0 Å². The molecule has 0 radical (unpaired) electrons. The van der Waals surface area contributed by atoms with Crippen LogP contribution in [-0.4, -0.2) is 60.9 Å². The SMILES string of the molecule is Cn1cc(N2CCN(C(=O)Cn3cnc(C#N)n3)CC2=O)cn1. The molecule has 23 heavy (non-hydrogen) atoms. The summed E-state index contributed by atoms with van der Waals surface area (Å²) < 4.78 is 2.91. The Morgan fingerprint density at radius 2 is 2.26 bits per heavy atom. The van der Waals surface area contributed by atoms with Gasteiger partial charge in [0.15, 0.2) is 0 Å². The van der Waals surface area contributed by atoms with Gasteiger partial charge in [0.25, 0.3) is 5.82 Å². The summed E-state index contributed by atoms with van der Waals surface area (Å²) in [5.41, 5.74) is 0.722. The molecule has 3 heterocycles. The average Bonchev–Trinajstić information content (AvgIpc) is 3.16. The molecular formula is C13H14N8O2. The van der Waals surface area contributed by atoms with Crippen LogP contribution < -0.4 is 4.90 Å².